The Morgan fingerprint density at radius 3 is 2.72 bits per heavy atom. The highest BCUT2D eigenvalue weighted by Gasteiger charge is 2.33. The molecule has 0 atom stereocenters. The highest BCUT2D eigenvalue weighted by atomic mass is 127. The van der Waals surface area contributed by atoms with Crippen LogP contribution < -0.4 is 16.4 Å². The molecule has 10 heteroatoms. The smallest absolute Gasteiger partial charge is 0.370 e. The van der Waals surface area contributed by atoms with Crippen molar-refractivity contribution in [3.8, 4) is 0 Å². The van der Waals surface area contributed by atoms with Gasteiger partial charge in [0.1, 0.15) is 5.82 Å². The summed E-state index contributed by atoms with van der Waals surface area (Å²) in [7, 11) is 0. The van der Waals surface area contributed by atoms with Crippen LogP contribution in [0.25, 0.3) is 0 Å². The molecule has 0 saturated heterocycles. The Morgan fingerprint density at radius 1 is 1.24 bits per heavy atom. The van der Waals surface area contributed by atoms with Crippen molar-refractivity contribution in [2.45, 2.75) is 12.6 Å². The number of hydrogen-bond donors (Lipinski definition) is 3. The van der Waals surface area contributed by atoms with Crippen LogP contribution in [-0.2, 0) is 12.6 Å². The van der Waals surface area contributed by atoms with Crippen LogP contribution in [0.1, 0.15) is 10.4 Å². The number of aromatic nitrogens is 1. The zero-order valence-electron chi connectivity index (χ0n) is 13.2. The van der Waals surface area contributed by atoms with E-state index in [1.165, 1.54) is 17.1 Å². The van der Waals surface area contributed by atoms with E-state index in [9.17, 15) is 13.2 Å². The van der Waals surface area contributed by atoms with Crippen molar-refractivity contribution in [1.29, 1.82) is 0 Å². The van der Waals surface area contributed by atoms with Gasteiger partial charge in [-0.15, -0.1) is 35.3 Å². The largest absolute Gasteiger partial charge is 0.419 e. The zero-order chi connectivity index (χ0) is 17.4. The van der Waals surface area contributed by atoms with E-state index >= 15 is 0 Å². The minimum absolute atomic E-state index is 0. The maximum Gasteiger partial charge on any atom is 0.419 e. The molecule has 0 aromatic carbocycles. The Bertz CT molecular complexity index is 661. The summed E-state index contributed by atoms with van der Waals surface area (Å²) in [4.78, 5) is 9.11. The molecule has 4 N–H and O–H groups in total. The quantitative estimate of drug-likeness (QED) is 0.244. The van der Waals surface area contributed by atoms with Gasteiger partial charge >= 0.3 is 6.18 Å². The summed E-state index contributed by atoms with van der Waals surface area (Å²) in [5, 5.41) is 7.50. The molecule has 0 spiro atoms. The first-order valence-corrected chi connectivity index (χ1v) is 8.17. The monoisotopic (exact) mass is 485 g/mol. The van der Waals surface area contributed by atoms with Crippen molar-refractivity contribution < 1.29 is 13.2 Å². The fraction of sp³-hybridized carbons (Fsp3) is 0.333. The second-order valence-corrected chi connectivity index (χ2v) is 5.88. The number of rotatable bonds is 7. The molecule has 138 valence electrons. The van der Waals surface area contributed by atoms with Gasteiger partial charge in [-0.25, -0.2) is 4.98 Å². The Morgan fingerprint density at radius 2 is 2.04 bits per heavy atom. The van der Waals surface area contributed by atoms with E-state index in [4.69, 9.17) is 5.73 Å². The molecule has 0 saturated carbocycles. The molecule has 0 aliphatic rings. The highest BCUT2D eigenvalue weighted by Crippen LogP contribution is 2.33. The SMILES string of the molecule is I.NC(=NCCc1cccs1)NCCNc1ncccc1C(F)(F)F. The van der Waals surface area contributed by atoms with Gasteiger partial charge in [-0.1, -0.05) is 6.07 Å². The number of hydrogen-bond acceptors (Lipinski definition) is 4. The van der Waals surface area contributed by atoms with Crippen LogP contribution >= 0.6 is 35.3 Å². The lowest BCUT2D eigenvalue weighted by Crippen LogP contribution is -2.35. The van der Waals surface area contributed by atoms with Crippen LogP contribution in [0.15, 0.2) is 40.8 Å². The highest BCUT2D eigenvalue weighted by molar-refractivity contribution is 14.0. The molecule has 2 heterocycles. The molecule has 0 fully saturated rings. The average molecular weight is 485 g/mol. The van der Waals surface area contributed by atoms with Crippen LogP contribution in [-0.4, -0.2) is 30.6 Å². The molecule has 2 aromatic rings. The topological polar surface area (TPSA) is 75.3 Å². The number of nitrogens with one attached hydrogen (secondary N) is 2. The molecular formula is C15H19F3IN5S. The Labute approximate surface area is 165 Å². The fourth-order valence-electron chi connectivity index (χ4n) is 1.94. The van der Waals surface area contributed by atoms with E-state index in [0.717, 1.165) is 12.5 Å². The first-order valence-electron chi connectivity index (χ1n) is 7.29. The van der Waals surface area contributed by atoms with E-state index in [1.54, 1.807) is 11.3 Å². The normalized spacial score (nSPS) is 11.7. The van der Waals surface area contributed by atoms with Gasteiger partial charge < -0.3 is 16.4 Å². The lowest BCUT2D eigenvalue weighted by molar-refractivity contribution is -0.137. The lowest BCUT2D eigenvalue weighted by Gasteiger charge is -2.13. The van der Waals surface area contributed by atoms with Crippen LogP contribution in [0.5, 0.6) is 0 Å². The Hall–Kier alpha value is -1.56. The summed E-state index contributed by atoms with van der Waals surface area (Å²) >= 11 is 1.66. The fourth-order valence-corrected chi connectivity index (χ4v) is 2.64. The maximum absolute atomic E-state index is 12.8. The van der Waals surface area contributed by atoms with E-state index in [1.807, 2.05) is 17.5 Å². The van der Waals surface area contributed by atoms with Crippen molar-refractivity contribution in [3.63, 3.8) is 0 Å². The van der Waals surface area contributed by atoms with Gasteiger partial charge in [-0.2, -0.15) is 13.2 Å². The van der Waals surface area contributed by atoms with Gasteiger partial charge in [0.25, 0.3) is 0 Å². The molecule has 2 rings (SSSR count). The summed E-state index contributed by atoms with van der Waals surface area (Å²) in [6.45, 7) is 1.13. The number of nitrogens with zero attached hydrogens (tertiary/aromatic N) is 2. The molecule has 0 aliphatic carbocycles. The van der Waals surface area contributed by atoms with Gasteiger partial charge in [0.05, 0.1) is 5.56 Å². The van der Waals surface area contributed by atoms with Crippen molar-refractivity contribution in [2.24, 2.45) is 10.7 Å². The standard InChI is InChI=1S/C15H18F3N5S.HI/c16-15(17,18)12-4-1-6-20-13(12)21-8-9-23-14(19)22-7-5-11-3-2-10-24-11;/h1-4,6,10H,5,7-9H2,(H,20,21)(H3,19,22,23);1H. The van der Waals surface area contributed by atoms with Gasteiger partial charge in [0.15, 0.2) is 5.96 Å². The zero-order valence-corrected chi connectivity index (χ0v) is 16.4. The number of thiophene rings is 1. The first-order chi connectivity index (χ1) is 11.5. The summed E-state index contributed by atoms with van der Waals surface area (Å²) in [6, 6.07) is 6.25. The molecule has 25 heavy (non-hydrogen) atoms. The van der Waals surface area contributed by atoms with Crippen molar-refractivity contribution in [3.05, 3.63) is 46.3 Å². The van der Waals surface area contributed by atoms with Crippen molar-refractivity contribution in [2.75, 3.05) is 25.0 Å². The van der Waals surface area contributed by atoms with E-state index < -0.39 is 11.7 Å². The Balaban J connectivity index is 0.00000312. The number of nitrogens with two attached hydrogens (primary N) is 1. The molecular weight excluding hydrogens is 466 g/mol. The van der Waals surface area contributed by atoms with Crippen LogP contribution in [0.3, 0.4) is 0 Å². The van der Waals surface area contributed by atoms with Crippen molar-refractivity contribution >= 4 is 47.1 Å². The number of halogens is 4. The molecule has 0 bridgehead atoms. The summed E-state index contributed by atoms with van der Waals surface area (Å²) < 4.78 is 38.4. The molecule has 2 aromatic heterocycles. The predicted octanol–water partition coefficient (Wildman–Crippen LogP) is 3.34. The predicted molar refractivity (Wildman–Crippen MR) is 106 cm³/mol. The lowest BCUT2D eigenvalue weighted by atomic mass is 10.2. The molecule has 0 radical (unpaired) electrons. The van der Waals surface area contributed by atoms with E-state index in [0.29, 0.717) is 13.1 Å². The number of guanidine groups is 1. The van der Waals surface area contributed by atoms with E-state index in [2.05, 4.69) is 20.6 Å². The average Bonchev–Trinajstić information content (AvgIpc) is 3.04. The molecule has 5 nitrogen and oxygen atoms in total. The first kappa shape index (κ1) is 21.5. The van der Waals surface area contributed by atoms with E-state index in [-0.39, 0.29) is 42.3 Å². The summed E-state index contributed by atoms with van der Waals surface area (Å²) in [5.41, 5.74) is 4.92. The molecule has 0 amide bonds. The maximum atomic E-state index is 12.8. The molecule has 0 unspecified atom stereocenters. The van der Waals surface area contributed by atoms with Crippen molar-refractivity contribution in [1.82, 2.24) is 10.3 Å². The summed E-state index contributed by atoms with van der Waals surface area (Å²) in [6.07, 6.45) is -2.32. The van der Waals surface area contributed by atoms with Gasteiger partial charge in [-0.3, -0.25) is 4.99 Å². The van der Waals surface area contributed by atoms with Crippen LogP contribution in [0.4, 0.5) is 19.0 Å². The van der Waals surface area contributed by atoms with Crippen LogP contribution in [0.2, 0.25) is 0 Å². The molecule has 0 aliphatic heterocycles. The van der Waals surface area contributed by atoms with Gasteiger partial charge in [0, 0.05) is 37.1 Å². The third-order valence-electron chi connectivity index (χ3n) is 3.06. The van der Waals surface area contributed by atoms with Gasteiger partial charge in [0.2, 0.25) is 0 Å². The third kappa shape index (κ3) is 7.46. The minimum Gasteiger partial charge on any atom is -0.370 e. The number of anilines is 1. The summed E-state index contributed by atoms with van der Waals surface area (Å²) in [5.74, 6) is 0.0745. The third-order valence-corrected chi connectivity index (χ3v) is 3.99. The number of alkyl halides is 3. The minimum atomic E-state index is -4.44. The second kappa shape index (κ2) is 10.4. The van der Waals surface area contributed by atoms with Crippen LogP contribution in [0, 0.1) is 0 Å². The Kier molecular flexibility index (Phi) is 8.97. The van der Waals surface area contributed by atoms with Gasteiger partial charge in [-0.05, 0) is 23.6 Å². The second-order valence-electron chi connectivity index (χ2n) is 4.85. The number of pyridine rings is 1. The number of aliphatic imine (C=N–C) groups is 1.